The maximum Gasteiger partial charge on any atom is 0.319 e. The smallest absolute Gasteiger partial charge is 0.319 e. The third-order valence-corrected chi connectivity index (χ3v) is 4.48. The zero-order chi connectivity index (χ0) is 18.8. The number of hydrogen-bond acceptors (Lipinski definition) is 5. The van der Waals surface area contributed by atoms with Crippen molar-refractivity contribution in [3.8, 4) is 11.5 Å². The minimum Gasteiger partial charge on any atom is -0.459 e. The van der Waals surface area contributed by atoms with Gasteiger partial charge < -0.3 is 24.5 Å². The molecule has 27 heavy (non-hydrogen) atoms. The number of benzene rings is 2. The van der Waals surface area contributed by atoms with Crippen molar-refractivity contribution in [1.29, 1.82) is 0 Å². The highest BCUT2D eigenvalue weighted by atomic mass is 16.7. The van der Waals surface area contributed by atoms with Gasteiger partial charge in [-0.05, 0) is 38.4 Å². The van der Waals surface area contributed by atoms with Crippen LogP contribution in [0.1, 0.15) is 11.8 Å². The number of nitrogens with zero attached hydrogens (tertiary/aromatic N) is 1. The molecule has 1 aliphatic rings. The van der Waals surface area contributed by atoms with E-state index in [2.05, 4.69) is 10.6 Å². The first kappa shape index (κ1) is 17.2. The van der Waals surface area contributed by atoms with Gasteiger partial charge in [-0.15, -0.1) is 0 Å². The van der Waals surface area contributed by atoms with E-state index in [4.69, 9.17) is 13.9 Å². The van der Waals surface area contributed by atoms with Crippen LogP contribution in [-0.4, -0.2) is 38.4 Å². The van der Waals surface area contributed by atoms with Gasteiger partial charge in [0.25, 0.3) is 0 Å². The summed E-state index contributed by atoms with van der Waals surface area (Å²) in [6, 6.07) is 14.8. The van der Waals surface area contributed by atoms with Crippen molar-refractivity contribution in [2.24, 2.45) is 0 Å². The fraction of sp³-hybridized carbons (Fsp3) is 0.250. The minimum absolute atomic E-state index is 0.0834. The van der Waals surface area contributed by atoms with E-state index in [1.54, 1.807) is 18.2 Å². The Balaban J connectivity index is 1.41. The molecule has 7 nitrogen and oxygen atoms in total. The van der Waals surface area contributed by atoms with E-state index in [0.717, 1.165) is 16.7 Å². The normalized spacial score (nSPS) is 13.7. The van der Waals surface area contributed by atoms with E-state index < -0.39 is 0 Å². The number of nitrogens with one attached hydrogen (secondary N) is 2. The molecule has 0 spiro atoms. The Labute approximate surface area is 156 Å². The zero-order valence-corrected chi connectivity index (χ0v) is 15.2. The second-order valence-electron chi connectivity index (χ2n) is 6.57. The van der Waals surface area contributed by atoms with Gasteiger partial charge in [-0.1, -0.05) is 18.2 Å². The second kappa shape index (κ2) is 7.20. The molecule has 2 aromatic carbocycles. The number of urea groups is 1. The summed E-state index contributed by atoms with van der Waals surface area (Å²) in [5, 5.41) is 6.75. The van der Waals surface area contributed by atoms with Crippen molar-refractivity contribution < 1.29 is 18.7 Å². The number of ether oxygens (including phenoxy) is 2. The Morgan fingerprint density at radius 3 is 2.74 bits per heavy atom. The third kappa shape index (κ3) is 3.68. The summed E-state index contributed by atoms with van der Waals surface area (Å²) in [6.45, 7) is 0.607. The number of fused-ring (bicyclic) bond motifs is 2. The molecular formula is C20H21N3O4. The molecule has 0 radical (unpaired) electrons. The van der Waals surface area contributed by atoms with E-state index in [1.807, 2.05) is 49.3 Å². The van der Waals surface area contributed by atoms with Crippen LogP contribution in [0.25, 0.3) is 11.0 Å². The highest BCUT2D eigenvalue weighted by molar-refractivity contribution is 5.89. The molecule has 0 saturated heterocycles. The van der Waals surface area contributed by atoms with Crippen LogP contribution in [0.15, 0.2) is 52.9 Å². The van der Waals surface area contributed by atoms with E-state index >= 15 is 0 Å². The number of carbonyl (C=O) groups is 1. The van der Waals surface area contributed by atoms with E-state index in [9.17, 15) is 4.79 Å². The number of carbonyl (C=O) groups excluding carboxylic acids is 1. The van der Waals surface area contributed by atoms with Gasteiger partial charge in [-0.25, -0.2) is 4.79 Å². The fourth-order valence-corrected chi connectivity index (χ4v) is 3.04. The Hall–Kier alpha value is -3.19. The first-order chi connectivity index (χ1) is 13.1. The largest absolute Gasteiger partial charge is 0.459 e. The molecule has 0 saturated carbocycles. The molecule has 0 bridgehead atoms. The number of anilines is 1. The number of amides is 2. The predicted molar refractivity (Wildman–Crippen MR) is 102 cm³/mol. The Kier molecular flexibility index (Phi) is 4.60. The van der Waals surface area contributed by atoms with Gasteiger partial charge in [0.15, 0.2) is 11.5 Å². The standard InChI is InChI=1S/C20H21N3O4/c1-23(2)15(18-9-13-5-3-4-6-16(13)27-18)11-21-20(24)22-14-7-8-17-19(10-14)26-12-25-17/h3-10,15H,11-12H2,1-2H3,(H2,21,22,24)/t15-/m0/s1. The molecule has 1 atom stereocenters. The molecule has 2 amide bonds. The van der Waals surface area contributed by atoms with Crippen molar-refractivity contribution in [3.63, 3.8) is 0 Å². The molecule has 3 aromatic rings. The van der Waals surface area contributed by atoms with Crippen molar-refractivity contribution in [3.05, 3.63) is 54.3 Å². The van der Waals surface area contributed by atoms with Crippen LogP contribution in [0.4, 0.5) is 10.5 Å². The molecule has 2 N–H and O–H groups in total. The molecule has 0 aliphatic carbocycles. The SMILES string of the molecule is CN(C)[C@@H](CNC(=O)Nc1ccc2c(c1)OCO2)c1cc2ccccc2o1. The number of likely N-dealkylation sites (N-methyl/N-ethyl adjacent to an activating group) is 1. The zero-order valence-electron chi connectivity index (χ0n) is 15.2. The average molecular weight is 367 g/mol. The molecule has 140 valence electrons. The van der Waals surface area contributed by atoms with Crippen LogP contribution in [0.3, 0.4) is 0 Å². The van der Waals surface area contributed by atoms with Crippen molar-refractivity contribution in [1.82, 2.24) is 10.2 Å². The van der Waals surface area contributed by atoms with Gasteiger partial charge >= 0.3 is 6.03 Å². The molecule has 4 rings (SSSR count). The lowest BCUT2D eigenvalue weighted by atomic mass is 10.2. The Bertz CT molecular complexity index is 934. The van der Waals surface area contributed by atoms with Gasteiger partial charge in [0.1, 0.15) is 11.3 Å². The van der Waals surface area contributed by atoms with Crippen LogP contribution >= 0.6 is 0 Å². The molecule has 1 aliphatic heterocycles. The molecular weight excluding hydrogens is 346 g/mol. The molecule has 0 unspecified atom stereocenters. The first-order valence-corrected chi connectivity index (χ1v) is 8.69. The summed E-state index contributed by atoms with van der Waals surface area (Å²) in [5.41, 5.74) is 1.48. The van der Waals surface area contributed by atoms with Gasteiger partial charge in [0.05, 0.1) is 6.04 Å². The fourth-order valence-electron chi connectivity index (χ4n) is 3.04. The molecule has 2 heterocycles. The number of hydrogen-bond donors (Lipinski definition) is 2. The van der Waals surface area contributed by atoms with Gasteiger partial charge in [0, 0.05) is 23.7 Å². The van der Waals surface area contributed by atoms with Crippen molar-refractivity contribution in [2.45, 2.75) is 6.04 Å². The Morgan fingerprint density at radius 1 is 1.11 bits per heavy atom. The van der Waals surface area contributed by atoms with E-state index in [-0.39, 0.29) is 18.9 Å². The summed E-state index contributed by atoms with van der Waals surface area (Å²) in [6.07, 6.45) is 0. The molecule has 1 aromatic heterocycles. The predicted octanol–water partition coefficient (Wildman–Crippen LogP) is 3.59. The minimum atomic E-state index is -0.295. The van der Waals surface area contributed by atoms with Crippen molar-refractivity contribution >= 4 is 22.7 Å². The van der Waals surface area contributed by atoms with Crippen LogP contribution in [0.5, 0.6) is 11.5 Å². The summed E-state index contributed by atoms with van der Waals surface area (Å²) in [5.74, 6) is 2.12. The quantitative estimate of drug-likeness (QED) is 0.721. The highest BCUT2D eigenvalue weighted by Crippen LogP contribution is 2.34. The van der Waals surface area contributed by atoms with Crippen molar-refractivity contribution in [2.75, 3.05) is 32.7 Å². The van der Waals surface area contributed by atoms with Gasteiger partial charge in [-0.3, -0.25) is 4.90 Å². The molecule has 7 heteroatoms. The topological polar surface area (TPSA) is 76.0 Å². The number of furan rings is 1. The summed E-state index contributed by atoms with van der Waals surface area (Å²) in [4.78, 5) is 14.3. The summed E-state index contributed by atoms with van der Waals surface area (Å²) in [7, 11) is 3.91. The maximum absolute atomic E-state index is 12.3. The van der Waals surface area contributed by atoms with E-state index in [0.29, 0.717) is 23.7 Å². The van der Waals surface area contributed by atoms with Crippen LogP contribution in [-0.2, 0) is 0 Å². The molecule has 0 fully saturated rings. The Morgan fingerprint density at radius 2 is 1.93 bits per heavy atom. The lowest BCUT2D eigenvalue weighted by Crippen LogP contribution is -2.36. The number of rotatable bonds is 5. The van der Waals surface area contributed by atoms with Crippen LogP contribution < -0.4 is 20.1 Å². The second-order valence-corrected chi connectivity index (χ2v) is 6.57. The monoisotopic (exact) mass is 367 g/mol. The highest BCUT2D eigenvalue weighted by Gasteiger charge is 2.20. The average Bonchev–Trinajstić information content (AvgIpc) is 3.27. The maximum atomic E-state index is 12.3. The third-order valence-electron chi connectivity index (χ3n) is 4.48. The number of para-hydroxylation sites is 1. The first-order valence-electron chi connectivity index (χ1n) is 8.69. The lowest BCUT2D eigenvalue weighted by molar-refractivity contribution is 0.174. The van der Waals surface area contributed by atoms with Crippen LogP contribution in [0.2, 0.25) is 0 Å². The van der Waals surface area contributed by atoms with Gasteiger partial charge in [-0.2, -0.15) is 0 Å². The van der Waals surface area contributed by atoms with Gasteiger partial charge in [0.2, 0.25) is 6.79 Å². The van der Waals surface area contributed by atoms with Crippen LogP contribution in [0, 0.1) is 0 Å². The summed E-state index contributed by atoms with van der Waals surface area (Å²) < 4.78 is 16.5. The van der Waals surface area contributed by atoms with E-state index in [1.165, 1.54) is 0 Å². The lowest BCUT2D eigenvalue weighted by Gasteiger charge is -2.22. The summed E-state index contributed by atoms with van der Waals surface area (Å²) >= 11 is 0.